The van der Waals surface area contributed by atoms with Crippen molar-refractivity contribution >= 4 is 22.6 Å². The lowest BCUT2D eigenvalue weighted by atomic mass is 9.92. The number of aromatic amines is 1. The van der Waals surface area contributed by atoms with E-state index in [4.69, 9.17) is 9.72 Å². The Morgan fingerprint density at radius 1 is 1.33 bits per heavy atom. The number of carbonyl (C=O) groups is 1. The highest BCUT2D eigenvalue weighted by molar-refractivity contribution is 5.92. The number of pyridine rings is 1. The van der Waals surface area contributed by atoms with Crippen LogP contribution in [0.2, 0.25) is 0 Å². The summed E-state index contributed by atoms with van der Waals surface area (Å²) >= 11 is 0. The molecule has 11 heteroatoms. The van der Waals surface area contributed by atoms with E-state index >= 15 is 4.39 Å². The number of H-pyrrole nitrogens is 1. The summed E-state index contributed by atoms with van der Waals surface area (Å²) in [5.41, 5.74) is 1.62. The molecule has 6 heterocycles. The van der Waals surface area contributed by atoms with E-state index in [9.17, 15) is 4.79 Å². The van der Waals surface area contributed by atoms with Crippen LogP contribution in [0.4, 0.5) is 10.2 Å². The summed E-state index contributed by atoms with van der Waals surface area (Å²) in [7, 11) is 1.92. The predicted octanol–water partition coefficient (Wildman–Crippen LogP) is 3.34. The fourth-order valence-corrected chi connectivity index (χ4v) is 6.71. The van der Waals surface area contributed by atoms with Gasteiger partial charge in [-0.15, -0.1) is 0 Å². The number of amides is 1. The summed E-state index contributed by atoms with van der Waals surface area (Å²) in [5.74, 6) is 0.515. The number of nitrogens with one attached hydrogen (secondary N) is 1. The molecule has 0 spiro atoms. The number of anilines is 1. The van der Waals surface area contributed by atoms with Gasteiger partial charge in [-0.3, -0.25) is 19.8 Å². The molecule has 3 aliphatic heterocycles. The minimum absolute atomic E-state index is 0.00157. The molecule has 3 atom stereocenters. The molecule has 0 aliphatic carbocycles. The van der Waals surface area contributed by atoms with Gasteiger partial charge in [0.15, 0.2) is 5.82 Å². The van der Waals surface area contributed by atoms with E-state index in [1.54, 1.807) is 17.3 Å². The minimum atomic E-state index is -0.538. The fourth-order valence-electron chi connectivity index (χ4n) is 6.71. The van der Waals surface area contributed by atoms with Crippen molar-refractivity contribution in [1.82, 2.24) is 34.9 Å². The number of rotatable bonds is 7. The molecule has 206 valence electrons. The van der Waals surface area contributed by atoms with E-state index < -0.39 is 5.82 Å². The summed E-state index contributed by atoms with van der Waals surface area (Å²) in [5, 5.41) is 7.38. The SMILES string of the molecule is C=CC(=O)N1CCC(N(C)c2nc(OCC34CCCN3CC(C)C4)nc3c(F)c(-c4cn[nH]c4C)ncc23)C1. The predicted molar refractivity (Wildman–Crippen MR) is 146 cm³/mol. The van der Waals surface area contributed by atoms with Gasteiger partial charge in [-0.1, -0.05) is 13.5 Å². The zero-order chi connectivity index (χ0) is 27.3. The van der Waals surface area contributed by atoms with Crippen LogP contribution >= 0.6 is 0 Å². The van der Waals surface area contributed by atoms with E-state index in [1.165, 1.54) is 6.08 Å². The summed E-state index contributed by atoms with van der Waals surface area (Å²) in [6.45, 7) is 11.5. The highest BCUT2D eigenvalue weighted by atomic mass is 19.1. The Hall–Kier alpha value is -3.60. The van der Waals surface area contributed by atoms with Gasteiger partial charge in [-0.25, -0.2) is 4.39 Å². The van der Waals surface area contributed by atoms with Gasteiger partial charge in [0, 0.05) is 50.2 Å². The van der Waals surface area contributed by atoms with Crippen LogP contribution in [0, 0.1) is 18.7 Å². The third-order valence-electron chi connectivity index (χ3n) is 8.73. The van der Waals surface area contributed by atoms with Crippen LogP contribution < -0.4 is 9.64 Å². The molecule has 3 aromatic heterocycles. The lowest BCUT2D eigenvalue weighted by molar-refractivity contribution is -0.125. The first-order valence-electron chi connectivity index (χ1n) is 13.7. The Kier molecular flexibility index (Phi) is 6.49. The molecule has 6 rings (SSSR count). The third kappa shape index (κ3) is 4.42. The Balaban J connectivity index is 1.39. The molecule has 0 bridgehead atoms. The van der Waals surface area contributed by atoms with Gasteiger partial charge in [0.05, 0.1) is 17.1 Å². The standard InChI is InChI=1S/C28H35FN8O2/c1-5-22(38)36-10-7-19(15-36)35(4)26-21-12-30-24(20-13-31-34-18(20)3)23(29)25(21)32-27(33-26)39-16-28-8-6-9-37(28)14-17(2)11-28/h5,12-13,17,19H,1,6-11,14-16H2,2-4H3,(H,31,34). The number of hydrogen-bond donors (Lipinski definition) is 1. The van der Waals surface area contributed by atoms with Gasteiger partial charge in [-0.05, 0) is 51.1 Å². The van der Waals surface area contributed by atoms with Crippen LogP contribution in [0.15, 0.2) is 25.0 Å². The Bertz CT molecular complexity index is 1430. The van der Waals surface area contributed by atoms with Crippen molar-refractivity contribution in [2.24, 2.45) is 5.92 Å². The molecule has 0 aromatic carbocycles. The van der Waals surface area contributed by atoms with Crippen molar-refractivity contribution in [3.05, 3.63) is 36.6 Å². The lowest BCUT2D eigenvalue weighted by Gasteiger charge is -2.31. The number of carbonyl (C=O) groups excluding carboxylic acids is 1. The van der Waals surface area contributed by atoms with Gasteiger partial charge in [-0.2, -0.15) is 15.1 Å². The van der Waals surface area contributed by atoms with Gasteiger partial charge in [0.1, 0.15) is 23.6 Å². The molecule has 3 aliphatic rings. The van der Waals surface area contributed by atoms with E-state index in [0.717, 1.165) is 44.5 Å². The van der Waals surface area contributed by atoms with E-state index in [0.29, 0.717) is 42.4 Å². The topological polar surface area (TPSA) is 103 Å². The van der Waals surface area contributed by atoms with Crippen LogP contribution in [-0.4, -0.2) is 92.3 Å². The summed E-state index contributed by atoms with van der Waals surface area (Å²) in [6, 6.07) is 0.153. The molecule has 0 saturated carbocycles. The Labute approximate surface area is 227 Å². The smallest absolute Gasteiger partial charge is 0.319 e. The monoisotopic (exact) mass is 534 g/mol. The maximum atomic E-state index is 16.1. The number of aromatic nitrogens is 5. The Morgan fingerprint density at radius 3 is 2.95 bits per heavy atom. The molecule has 39 heavy (non-hydrogen) atoms. The molecule has 3 saturated heterocycles. The fraction of sp³-hybridized carbons (Fsp3) is 0.536. The number of likely N-dealkylation sites (tertiary alicyclic amines) is 1. The Morgan fingerprint density at radius 2 is 2.18 bits per heavy atom. The van der Waals surface area contributed by atoms with Crippen molar-refractivity contribution in [3.8, 4) is 17.3 Å². The van der Waals surface area contributed by atoms with E-state index in [2.05, 4.69) is 38.6 Å². The normalized spacial score (nSPS) is 24.9. The first-order valence-corrected chi connectivity index (χ1v) is 13.7. The average molecular weight is 535 g/mol. The number of hydrogen-bond acceptors (Lipinski definition) is 8. The second-order valence-electron chi connectivity index (χ2n) is 11.3. The molecule has 3 unspecified atom stereocenters. The van der Waals surface area contributed by atoms with Crippen molar-refractivity contribution in [2.75, 3.05) is 44.7 Å². The zero-order valence-electron chi connectivity index (χ0n) is 22.8. The molecular formula is C28H35FN8O2. The quantitative estimate of drug-likeness (QED) is 0.461. The summed E-state index contributed by atoms with van der Waals surface area (Å²) in [4.78, 5) is 32.3. The highest BCUT2D eigenvalue weighted by Gasteiger charge is 2.47. The number of likely N-dealkylation sites (N-methyl/N-ethyl adjacent to an activating group) is 1. The second-order valence-corrected chi connectivity index (χ2v) is 11.3. The highest BCUT2D eigenvalue weighted by Crippen LogP contribution is 2.42. The van der Waals surface area contributed by atoms with Crippen LogP contribution in [-0.2, 0) is 4.79 Å². The number of nitrogens with zero attached hydrogens (tertiary/aromatic N) is 7. The number of fused-ring (bicyclic) bond motifs is 2. The van der Waals surface area contributed by atoms with Crippen LogP contribution in [0.25, 0.3) is 22.2 Å². The first-order chi connectivity index (χ1) is 18.8. The molecule has 1 amide bonds. The molecule has 10 nitrogen and oxygen atoms in total. The molecular weight excluding hydrogens is 499 g/mol. The first kappa shape index (κ1) is 25.7. The van der Waals surface area contributed by atoms with Crippen molar-refractivity contribution < 1.29 is 13.9 Å². The number of halogens is 1. The van der Waals surface area contributed by atoms with Crippen LogP contribution in [0.5, 0.6) is 6.01 Å². The second kappa shape index (κ2) is 9.86. The minimum Gasteiger partial charge on any atom is -0.461 e. The van der Waals surface area contributed by atoms with Crippen LogP contribution in [0.3, 0.4) is 0 Å². The average Bonchev–Trinajstić information content (AvgIpc) is 3.71. The van der Waals surface area contributed by atoms with Crippen LogP contribution in [0.1, 0.15) is 38.3 Å². The maximum absolute atomic E-state index is 16.1. The number of aryl methyl sites for hydroxylation is 1. The number of ether oxygens (including phenoxy) is 1. The van der Waals surface area contributed by atoms with Crippen molar-refractivity contribution in [3.63, 3.8) is 0 Å². The van der Waals surface area contributed by atoms with Crippen molar-refractivity contribution in [2.45, 2.75) is 51.1 Å². The van der Waals surface area contributed by atoms with E-state index in [-0.39, 0.29) is 34.7 Å². The van der Waals surface area contributed by atoms with Gasteiger partial charge in [0.25, 0.3) is 0 Å². The van der Waals surface area contributed by atoms with E-state index in [1.807, 2.05) is 18.9 Å². The lowest BCUT2D eigenvalue weighted by Crippen LogP contribution is -2.43. The molecule has 0 radical (unpaired) electrons. The zero-order valence-corrected chi connectivity index (χ0v) is 22.8. The van der Waals surface area contributed by atoms with Crippen molar-refractivity contribution in [1.29, 1.82) is 0 Å². The molecule has 3 aromatic rings. The summed E-state index contributed by atoms with van der Waals surface area (Å²) < 4.78 is 22.4. The summed E-state index contributed by atoms with van der Waals surface area (Å²) in [6.07, 6.45) is 8.58. The van der Waals surface area contributed by atoms with Gasteiger partial charge >= 0.3 is 6.01 Å². The van der Waals surface area contributed by atoms with Gasteiger partial charge < -0.3 is 14.5 Å². The van der Waals surface area contributed by atoms with Gasteiger partial charge in [0.2, 0.25) is 5.91 Å². The largest absolute Gasteiger partial charge is 0.461 e. The molecule has 3 fully saturated rings. The molecule has 1 N–H and O–H groups in total. The maximum Gasteiger partial charge on any atom is 0.319 e. The third-order valence-corrected chi connectivity index (χ3v) is 8.73.